The summed E-state index contributed by atoms with van der Waals surface area (Å²) in [6, 6.07) is 18.5. The molecule has 0 saturated carbocycles. The highest BCUT2D eigenvalue weighted by Gasteiger charge is 1.96. The van der Waals surface area contributed by atoms with Gasteiger partial charge in [-0.05, 0) is 36.4 Å². The average Bonchev–Trinajstić information content (AvgIpc) is 2.31. The predicted octanol–water partition coefficient (Wildman–Crippen LogP) is 4.09. The summed E-state index contributed by atoms with van der Waals surface area (Å²) in [5.41, 5.74) is 1.01. The number of nitrogens with one attached hydrogen (secondary N) is 1. The molecule has 1 nitrogen and oxygen atoms in total. The molecule has 2 rings (SSSR count). The highest BCUT2D eigenvalue weighted by atomic mass is 32.2. The lowest BCUT2D eigenvalue weighted by Crippen LogP contribution is -1.79. The molecule has 0 spiro atoms. The quantitative estimate of drug-likeness (QED) is 0.774. The number of rotatable bonds is 3. The molecule has 0 aliphatic heterocycles. The standard InChI is InChI=1S/C12H11NS2/c14-13-10-6-8-12(9-7-10)15-11-4-2-1-3-5-11/h1-9,13-14H. The van der Waals surface area contributed by atoms with Crippen LogP contribution in [0.25, 0.3) is 0 Å². The fourth-order valence-corrected chi connectivity index (χ4v) is 2.21. The Hall–Kier alpha value is -1.06. The summed E-state index contributed by atoms with van der Waals surface area (Å²) in [7, 11) is 0. The molecule has 0 aliphatic carbocycles. The third-order valence-corrected chi connectivity index (χ3v) is 3.24. The van der Waals surface area contributed by atoms with Crippen molar-refractivity contribution in [2.75, 3.05) is 4.72 Å². The van der Waals surface area contributed by atoms with Gasteiger partial charge >= 0.3 is 0 Å². The third-order valence-electron chi connectivity index (χ3n) is 1.96. The lowest BCUT2D eigenvalue weighted by atomic mass is 10.3. The zero-order chi connectivity index (χ0) is 10.5. The molecule has 0 heterocycles. The van der Waals surface area contributed by atoms with E-state index in [0.717, 1.165) is 5.69 Å². The zero-order valence-corrected chi connectivity index (χ0v) is 9.76. The van der Waals surface area contributed by atoms with E-state index >= 15 is 0 Å². The zero-order valence-electron chi connectivity index (χ0n) is 8.05. The maximum atomic E-state index is 3.99. The summed E-state index contributed by atoms with van der Waals surface area (Å²) >= 11 is 5.74. The molecule has 0 aromatic heterocycles. The van der Waals surface area contributed by atoms with Gasteiger partial charge in [-0.25, -0.2) is 0 Å². The number of hydrogen-bond donors (Lipinski definition) is 2. The van der Waals surface area contributed by atoms with E-state index in [1.54, 1.807) is 11.8 Å². The van der Waals surface area contributed by atoms with Gasteiger partial charge in [0.1, 0.15) is 0 Å². The fourth-order valence-electron chi connectivity index (χ4n) is 1.22. The Labute approximate surface area is 99.5 Å². The molecule has 1 N–H and O–H groups in total. The minimum Gasteiger partial charge on any atom is -0.332 e. The molecule has 0 radical (unpaired) electrons. The molecule has 0 amide bonds. The first-order chi connectivity index (χ1) is 7.38. The second kappa shape index (κ2) is 5.14. The molecule has 0 aliphatic rings. The molecule has 0 saturated heterocycles. The highest BCUT2D eigenvalue weighted by Crippen LogP contribution is 2.28. The van der Waals surface area contributed by atoms with Crippen LogP contribution in [-0.4, -0.2) is 0 Å². The van der Waals surface area contributed by atoms with E-state index in [0.29, 0.717) is 0 Å². The molecule has 0 bridgehead atoms. The van der Waals surface area contributed by atoms with Crippen molar-refractivity contribution in [3.63, 3.8) is 0 Å². The summed E-state index contributed by atoms with van der Waals surface area (Å²) < 4.78 is 2.80. The van der Waals surface area contributed by atoms with Crippen molar-refractivity contribution in [3.8, 4) is 0 Å². The first-order valence-electron chi connectivity index (χ1n) is 4.61. The number of anilines is 1. The molecule has 2 aromatic rings. The van der Waals surface area contributed by atoms with Crippen molar-refractivity contribution in [2.45, 2.75) is 9.79 Å². The van der Waals surface area contributed by atoms with Crippen LogP contribution in [0.4, 0.5) is 5.69 Å². The normalized spacial score (nSPS) is 9.93. The smallest absolute Gasteiger partial charge is 0.0438 e. The second-order valence-electron chi connectivity index (χ2n) is 3.05. The van der Waals surface area contributed by atoms with Gasteiger partial charge in [0.15, 0.2) is 0 Å². The molecular formula is C12H11NS2. The fraction of sp³-hybridized carbons (Fsp3) is 0. The summed E-state index contributed by atoms with van der Waals surface area (Å²) in [6.07, 6.45) is 0. The molecule has 0 atom stereocenters. The maximum Gasteiger partial charge on any atom is 0.0438 e. The van der Waals surface area contributed by atoms with E-state index in [2.05, 4.69) is 41.8 Å². The number of thiol groups is 1. The van der Waals surface area contributed by atoms with Gasteiger partial charge in [0.25, 0.3) is 0 Å². The van der Waals surface area contributed by atoms with Crippen LogP contribution in [0, 0.1) is 0 Å². The van der Waals surface area contributed by atoms with Gasteiger partial charge in [-0.15, -0.1) is 0 Å². The van der Waals surface area contributed by atoms with Crippen LogP contribution >= 0.6 is 24.6 Å². The highest BCUT2D eigenvalue weighted by molar-refractivity contribution is 7.99. The van der Waals surface area contributed by atoms with Crippen LogP contribution in [0.2, 0.25) is 0 Å². The van der Waals surface area contributed by atoms with Crippen molar-refractivity contribution in [3.05, 3.63) is 54.6 Å². The first-order valence-corrected chi connectivity index (χ1v) is 5.88. The largest absolute Gasteiger partial charge is 0.332 e. The molecule has 0 fully saturated rings. The molecule has 3 heteroatoms. The van der Waals surface area contributed by atoms with Gasteiger partial charge in [-0.3, -0.25) is 0 Å². The van der Waals surface area contributed by atoms with Crippen LogP contribution in [-0.2, 0) is 0 Å². The Morgan fingerprint density at radius 3 is 2.00 bits per heavy atom. The number of benzene rings is 2. The van der Waals surface area contributed by atoms with Gasteiger partial charge in [0, 0.05) is 15.5 Å². The Morgan fingerprint density at radius 2 is 1.40 bits per heavy atom. The molecule has 76 valence electrons. The Balaban J connectivity index is 2.11. The molecular weight excluding hydrogens is 222 g/mol. The van der Waals surface area contributed by atoms with Gasteiger partial charge in [-0.2, -0.15) is 0 Å². The van der Waals surface area contributed by atoms with E-state index < -0.39 is 0 Å². The van der Waals surface area contributed by atoms with Gasteiger partial charge in [-0.1, -0.05) is 42.8 Å². The van der Waals surface area contributed by atoms with Crippen molar-refractivity contribution < 1.29 is 0 Å². The summed E-state index contributed by atoms with van der Waals surface area (Å²) in [5.74, 6) is 0. The van der Waals surface area contributed by atoms with E-state index in [4.69, 9.17) is 0 Å². The molecule has 15 heavy (non-hydrogen) atoms. The van der Waals surface area contributed by atoms with E-state index in [-0.39, 0.29) is 0 Å². The van der Waals surface area contributed by atoms with Crippen molar-refractivity contribution in [1.29, 1.82) is 0 Å². The van der Waals surface area contributed by atoms with Gasteiger partial charge in [0.2, 0.25) is 0 Å². The van der Waals surface area contributed by atoms with Gasteiger partial charge < -0.3 is 4.72 Å². The van der Waals surface area contributed by atoms with Crippen molar-refractivity contribution in [2.24, 2.45) is 0 Å². The first kappa shape index (κ1) is 10.5. The van der Waals surface area contributed by atoms with Gasteiger partial charge in [0.05, 0.1) is 0 Å². The lowest BCUT2D eigenvalue weighted by molar-refractivity contribution is 1.41. The van der Waals surface area contributed by atoms with E-state index in [1.165, 1.54) is 9.79 Å². The van der Waals surface area contributed by atoms with Crippen LogP contribution in [0.1, 0.15) is 0 Å². The van der Waals surface area contributed by atoms with Crippen LogP contribution in [0.5, 0.6) is 0 Å². The van der Waals surface area contributed by atoms with Crippen molar-refractivity contribution >= 4 is 30.3 Å². The average molecular weight is 233 g/mol. The summed E-state index contributed by atoms with van der Waals surface area (Å²) in [4.78, 5) is 2.48. The minimum absolute atomic E-state index is 1.01. The Bertz CT molecular complexity index is 411. The van der Waals surface area contributed by atoms with Crippen LogP contribution < -0.4 is 4.72 Å². The monoisotopic (exact) mass is 233 g/mol. The van der Waals surface area contributed by atoms with Crippen LogP contribution in [0.3, 0.4) is 0 Å². The summed E-state index contributed by atoms with van der Waals surface area (Å²) in [5, 5.41) is 0. The lowest BCUT2D eigenvalue weighted by Gasteiger charge is -2.02. The molecule has 0 unspecified atom stereocenters. The summed E-state index contributed by atoms with van der Waals surface area (Å²) in [6.45, 7) is 0. The maximum absolute atomic E-state index is 3.99. The van der Waals surface area contributed by atoms with Crippen LogP contribution in [0.15, 0.2) is 64.4 Å². The SMILES string of the molecule is SNc1ccc(Sc2ccccc2)cc1. The topological polar surface area (TPSA) is 12.0 Å². The van der Waals surface area contributed by atoms with E-state index in [9.17, 15) is 0 Å². The minimum atomic E-state index is 1.01. The van der Waals surface area contributed by atoms with Crippen molar-refractivity contribution in [1.82, 2.24) is 0 Å². The Kier molecular flexibility index (Phi) is 3.59. The van der Waals surface area contributed by atoms with E-state index in [1.807, 2.05) is 30.3 Å². The molecule has 2 aromatic carbocycles. The number of hydrogen-bond acceptors (Lipinski definition) is 3. The second-order valence-corrected chi connectivity index (χ2v) is 4.42. The third kappa shape index (κ3) is 2.94. The Morgan fingerprint density at radius 1 is 0.800 bits per heavy atom. The predicted molar refractivity (Wildman–Crippen MR) is 69.6 cm³/mol.